The Kier molecular flexibility index (Phi) is 2.29. The smallest absolute Gasteiger partial charge is 0.258 e. The molecule has 0 saturated carbocycles. The van der Waals surface area contributed by atoms with Crippen molar-refractivity contribution in [2.24, 2.45) is 0 Å². The van der Waals surface area contributed by atoms with E-state index in [9.17, 15) is 4.79 Å². The van der Waals surface area contributed by atoms with Crippen LogP contribution in [0.2, 0.25) is 0 Å². The van der Waals surface area contributed by atoms with Crippen molar-refractivity contribution in [3.8, 4) is 0 Å². The molecule has 0 aliphatic rings. The van der Waals surface area contributed by atoms with Gasteiger partial charge in [0.15, 0.2) is 4.96 Å². The van der Waals surface area contributed by atoms with Crippen molar-refractivity contribution in [2.75, 3.05) is 0 Å². The zero-order valence-electron chi connectivity index (χ0n) is 9.20. The van der Waals surface area contributed by atoms with Crippen molar-refractivity contribution < 1.29 is 0 Å². The molecule has 3 aromatic heterocycles. The Morgan fingerprint density at radius 1 is 1.41 bits per heavy atom. The van der Waals surface area contributed by atoms with E-state index in [1.807, 2.05) is 19.2 Å². The number of hydrogen-bond acceptors (Lipinski definition) is 4. The quantitative estimate of drug-likeness (QED) is 0.685. The highest BCUT2D eigenvalue weighted by Gasteiger charge is 2.11. The van der Waals surface area contributed by atoms with E-state index in [2.05, 4.69) is 10.1 Å². The molecule has 3 rings (SSSR count). The molecule has 0 bridgehead atoms. The molecule has 0 fully saturated rings. The maximum absolute atomic E-state index is 11.8. The summed E-state index contributed by atoms with van der Waals surface area (Å²) in [5.41, 5.74) is 0.910. The van der Waals surface area contributed by atoms with Crippen molar-refractivity contribution in [1.82, 2.24) is 19.2 Å². The number of aromatic nitrogens is 4. The molecule has 17 heavy (non-hydrogen) atoms. The van der Waals surface area contributed by atoms with Gasteiger partial charge in [0.05, 0.1) is 12.2 Å². The predicted octanol–water partition coefficient (Wildman–Crippen LogP) is 1.31. The lowest BCUT2D eigenvalue weighted by Crippen LogP contribution is -2.16. The molecule has 6 heteroatoms. The van der Waals surface area contributed by atoms with Gasteiger partial charge in [0.2, 0.25) is 0 Å². The Bertz CT molecular complexity index is 711. The number of hydrogen-bond donors (Lipinski definition) is 0. The Morgan fingerprint density at radius 3 is 3.06 bits per heavy atom. The van der Waals surface area contributed by atoms with E-state index >= 15 is 0 Å². The zero-order chi connectivity index (χ0) is 11.8. The zero-order valence-corrected chi connectivity index (χ0v) is 10.0. The summed E-state index contributed by atoms with van der Waals surface area (Å²) in [6, 6.07) is 3.34. The monoisotopic (exact) mass is 246 g/mol. The van der Waals surface area contributed by atoms with Crippen LogP contribution in [0, 0.1) is 6.92 Å². The van der Waals surface area contributed by atoms with E-state index in [-0.39, 0.29) is 5.56 Å². The lowest BCUT2D eigenvalue weighted by atomic mass is 10.3. The Morgan fingerprint density at radius 2 is 2.29 bits per heavy atom. The van der Waals surface area contributed by atoms with E-state index in [0.29, 0.717) is 6.54 Å². The van der Waals surface area contributed by atoms with Crippen LogP contribution in [0.15, 0.2) is 35.5 Å². The second-order valence-electron chi connectivity index (χ2n) is 3.71. The molecule has 5 nitrogen and oxygen atoms in total. The largest absolute Gasteiger partial charge is 0.269 e. The third-order valence-electron chi connectivity index (χ3n) is 2.61. The first-order valence-corrected chi connectivity index (χ1v) is 6.01. The predicted molar refractivity (Wildman–Crippen MR) is 65.4 cm³/mol. The summed E-state index contributed by atoms with van der Waals surface area (Å²) < 4.78 is 3.45. The second-order valence-corrected chi connectivity index (χ2v) is 4.89. The van der Waals surface area contributed by atoms with Crippen molar-refractivity contribution in [3.63, 3.8) is 0 Å². The fourth-order valence-electron chi connectivity index (χ4n) is 1.79. The first-order chi connectivity index (χ1) is 8.25. The molecule has 0 N–H and O–H groups in total. The molecular weight excluding hydrogens is 236 g/mol. The molecule has 0 spiro atoms. The Balaban J connectivity index is 2.21. The second kappa shape index (κ2) is 3.81. The molecule has 0 saturated heterocycles. The normalized spacial score (nSPS) is 11.1. The topological polar surface area (TPSA) is 52.2 Å². The van der Waals surface area contributed by atoms with Crippen LogP contribution in [-0.2, 0) is 6.54 Å². The van der Waals surface area contributed by atoms with Crippen LogP contribution >= 0.6 is 11.3 Å². The van der Waals surface area contributed by atoms with Crippen LogP contribution in [0.1, 0.15) is 10.6 Å². The molecule has 0 aliphatic heterocycles. The van der Waals surface area contributed by atoms with Gasteiger partial charge in [-0.05, 0) is 13.0 Å². The maximum Gasteiger partial charge on any atom is 0.258 e. The third kappa shape index (κ3) is 1.66. The molecular formula is C11H10N4OS. The van der Waals surface area contributed by atoms with E-state index in [0.717, 1.165) is 15.5 Å². The van der Waals surface area contributed by atoms with Gasteiger partial charge in [0.25, 0.3) is 5.56 Å². The highest BCUT2D eigenvalue weighted by Crippen LogP contribution is 2.19. The summed E-state index contributed by atoms with van der Waals surface area (Å²) in [6.45, 7) is 2.59. The fourth-order valence-corrected chi connectivity index (χ4v) is 2.75. The van der Waals surface area contributed by atoms with Gasteiger partial charge in [-0.15, -0.1) is 11.3 Å². The van der Waals surface area contributed by atoms with E-state index < -0.39 is 0 Å². The van der Waals surface area contributed by atoms with E-state index in [1.165, 1.54) is 17.4 Å². The summed E-state index contributed by atoms with van der Waals surface area (Å²) in [5.74, 6) is 0. The van der Waals surface area contributed by atoms with Gasteiger partial charge >= 0.3 is 0 Å². The van der Waals surface area contributed by atoms with Gasteiger partial charge in [-0.3, -0.25) is 13.9 Å². The highest BCUT2D eigenvalue weighted by atomic mass is 32.1. The summed E-state index contributed by atoms with van der Waals surface area (Å²) in [7, 11) is 0. The number of rotatable bonds is 2. The van der Waals surface area contributed by atoms with Gasteiger partial charge in [-0.2, -0.15) is 5.10 Å². The first-order valence-electron chi connectivity index (χ1n) is 5.19. The van der Waals surface area contributed by atoms with Crippen LogP contribution < -0.4 is 5.56 Å². The summed E-state index contributed by atoms with van der Waals surface area (Å²) in [6.07, 6.45) is 5.15. The van der Waals surface area contributed by atoms with Crippen molar-refractivity contribution in [1.29, 1.82) is 0 Å². The number of fused-ring (bicyclic) bond motifs is 1. The van der Waals surface area contributed by atoms with Gasteiger partial charge < -0.3 is 0 Å². The van der Waals surface area contributed by atoms with Crippen LogP contribution in [0.4, 0.5) is 0 Å². The Hall–Kier alpha value is -1.95. The summed E-state index contributed by atoms with van der Waals surface area (Å²) in [4.78, 5) is 17.9. The highest BCUT2D eigenvalue weighted by molar-refractivity contribution is 7.17. The Labute approximate surface area is 101 Å². The molecule has 0 unspecified atom stereocenters. The van der Waals surface area contributed by atoms with E-state index in [1.54, 1.807) is 21.5 Å². The fraction of sp³-hybridized carbons (Fsp3) is 0.182. The molecule has 3 aromatic rings. The number of nitrogens with zero attached hydrogens (tertiary/aromatic N) is 4. The summed E-state index contributed by atoms with van der Waals surface area (Å²) >= 11 is 1.53. The lowest BCUT2D eigenvalue weighted by molar-refractivity contribution is 0.662. The van der Waals surface area contributed by atoms with Crippen molar-refractivity contribution >= 4 is 16.3 Å². The molecule has 0 aliphatic carbocycles. The molecule has 86 valence electrons. The molecule has 0 amide bonds. The molecule has 0 atom stereocenters. The SMILES string of the molecule is Cc1sc2nccc(=O)n2c1Cn1cccn1. The average molecular weight is 246 g/mol. The van der Waals surface area contributed by atoms with Gasteiger partial charge in [-0.1, -0.05) is 0 Å². The van der Waals surface area contributed by atoms with Gasteiger partial charge in [0, 0.05) is 29.5 Å². The summed E-state index contributed by atoms with van der Waals surface area (Å²) in [5, 5.41) is 4.15. The van der Waals surface area contributed by atoms with Crippen LogP contribution in [0.25, 0.3) is 4.96 Å². The van der Waals surface area contributed by atoms with Crippen LogP contribution in [-0.4, -0.2) is 19.2 Å². The minimum absolute atomic E-state index is 0.0403. The average Bonchev–Trinajstić information content (AvgIpc) is 2.89. The molecule has 3 heterocycles. The van der Waals surface area contributed by atoms with Crippen molar-refractivity contribution in [2.45, 2.75) is 13.5 Å². The molecule has 0 radical (unpaired) electrons. The lowest BCUT2D eigenvalue weighted by Gasteiger charge is -2.02. The standard InChI is InChI=1S/C11H10N4OS/c1-8-9(7-14-6-2-4-13-14)15-10(16)3-5-12-11(15)17-8/h2-6H,7H2,1H3. The third-order valence-corrected chi connectivity index (χ3v) is 3.62. The van der Waals surface area contributed by atoms with Crippen LogP contribution in [0.3, 0.4) is 0 Å². The number of thiazole rings is 1. The van der Waals surface area contributed by atoms with E-state index in [4.69, 9.17) is 0 Å². The minimum atomic E-state index is -0.0403. The molecule has 0 aromatic carbocycles. The van der Waals surface area contributed by atoms with Crippen molar-refractivity contribution in [3.05, 3.63) is 51.6 Å². The van der Waals surface area contributed by atoms with Gasteiger partial charge in [0.1, 0.15) is 0 Å². The first kappa shape index (κ1) is 10.2. The van der Waals surface area contributed by atoms with Gasteiger partial charge in [-0.25, -0.2) is 4.98 Å². The van der Waals surface area contributed by atoms with Crippen LogP contribution in [0.5, 0.6) is 0 Å². The minimum Gasteiger partial charge on any atom is -0.269 e. The maximum atomic E-state index is 11.8. The number of aryl methyl sites for hydroxylation is 1.